The maximum atomic E-state index is 6.57. The lowest BCUT2D eigenvalue weighted by Gasteiger charge is -2.30. The lowest BCUT2D eigenvalue weighted by atomic mass is 9.70. The lowest BCUT2D eigenvalue weighted by Crippen LogP contribution is -2.25. The van der Waals surface area contributed by atoms with E-state index in [1.165, 1.54) is 66.4 Å². The third kappa shape index (κ3) is 5.24. The number of rotatable bonds is 5. The largest absolute Gasteiger partial charge is 0.456 e. The molecule has 66 heavy (non-hydrogen) atoms. The number of fused-ring (bicyclic) bond motifs is 14. The Kier molecular flexibility index (Phi) is 7.87. The fourth-order valence-corrected chi connectivity index (χ4v) is 11.2. The number of benzene rings is 10. The minimum absolute atomic E-state index is 0.403. The first kappa shape index (κ1) is 36.7. The molecule has 1 spiro atoms. The fourth-order valence-electron chi connectivity index (χ4n) is 11.2. The number of nitrogens with zero attached hydrogens (tertiary/aromatic N) is 3. The van der Waals surface area contributed by atoms with Crippen molar-refractivity contribution in [3.8, 4) is 78.7 Å². The Bertz CT molecular complexity index is 3820. The first-order valence-corrected chi connectivity index (χ1v) is 22.5. The standard InChI is InChI=1S/C62H37N3O/c1-3-16-38(17-4-1)59-63-60(39-18-5-2-6-19-39)65-61(64-59)50-25-15-29-57-58(50)51-36-40(31-35-56(51)66-57)42-33-34-43(45-21-8-7-20-44(42)45)41-30-32-49-48-24-11-14-28-54(48)62(55(49)37-41)52-26-12-9-22-46(52)47-23-10-13-27-53(47)62/h1-37H. The Hall–Kier alpha value is -8.73. The van der Waals surface area contributed by atoms with Crippen molar-refractivity contribution in [1.29, 1.82) is 0 Å². The summed E-state index contributed by atoms with van der Waals surface area (Å²) < 4.78 is 6.57. The van der Waals surface area contributed by atoms with E-state index in [1.54, 1.807) is 0 Å². The average molecular weight is 840 g/mol. The zero-order valence-electron chi connectivity index (χ0n) is 35.6. The third-order valence-electron chi connectivity index (χ3n) is 14.0. The number of hydrogen-bond donors (Lipinski definition) is 0. The monoisotopic (exact) mass is 839 g/mol. The zero-order chi connectivity index (χ0) is 43.3. The van der Waals surface area contributed by atoms with E-state index >= 15 is 0 Å². The Labute approximate surface area is 381 Å². The molecule has 2 aliphatic rings. The molecular formula is C62H37N3O. The van der Waals surface area contributed by atoms with Crippen LogP contribution in [0.2, 0.25) is 0 Å². The molecule has 0 saturated carbocycles. The molecule has 0 fully saturated rings. The highest BCUT2D eigenvalue weighted by atomic mass is 16.3. The highest BCUT2D eigenvalue weighted by Crippen LogP contribution is 2.63. The van der Waals surface area contributed by atoms with Gasteiger partial charge in [-0.05, 0) is 102 Å². The van der Waals surface area contributed by atoms with Crippen molar-refractivity contribution in [3.05, 3.63) is 247 Å². The van der Waals surface area contributed by atoms with E-state index in [-0.39, 0.29) is 0 Å². The van der Waals surface area contributed by atoms with Crippen LogP contribution in [0.3, 0.4) is 0 Å². The van der Waals surface area contributed by atoms with Gasteiger partial charge in [0.1, 0.15) is 11.2 Å². The van der Waals surface area contributed by atoms with Gasteiger partial charge in [0.15, 0.2) is 17.5 Å². The van der Waals surface area contributed by atoms with Crippen LogP contribution in [0, 0.1) is 0 Å². The molecule has 0 N–H and O–H groups in total. The summed E-state index contributed by atoms with van der Waals surface area (Å²) in [5.41, 5.74) is 19.2. The fraction of sp³-hybridized carbons (Fsp3) is 0.0161. The van der Waals surface area contributed by atoms with Crippen molar-refractivity contribution in [1.82, 2.24) is 15.0 Å². The van der Waals surface area contributed by atoms with E-state index in [2.05, 4.69) is 152 Å². The molecule has 12 aromatic rings. The van der Waals surface area contributed by atoms with Crippen LogP contribution in [-0.4, -0.2) is 15.0 Å². The minimum Gasteiger partial charge on any atom is -0.456 e. The molecule has 0 radical (unpaired) electrons. The smallest absolute Gasteiger partial charge is 0.164 e. The second-order valence-electron chi connectivity index (χ2n) is 17.4. The molecule has 306 valence electrons. The molecule has 0 unspecified atom stereocenters. The summed E-state index contributed by atoms with van der Waals surface area (Å²) >= 11 is 0. The van der Waals surface area contributed by atoms with Crippen molar-refractivity contribution in [2.45, 2.75) is 5.41 Å². The van der Waals surface area contributed by atoms with Gasteiger partial charge in [0.25, 0.3) is 0 Å². The summed E-state index contributed by atoms with van der Waals surface area (Å²) in [6.45, 7) is 0. The quantitative estimate of drug-likeness (QED) is 0.173. The summed E-state index contributed by atoms with van der Waals surface area (Å²) in [6.07, 6.45) is 0. The van der Waals surface area contributed by atoms with Crippen molar-refractivity contribution in [2.75, 3.05) is 0 Å². The molecule has 14 rings (SSSR count). The van der Waals surface area contributed by atoms with E-state index < -0.39 is 5.41 Å². The highest BCUT2D eigenvalue weighted by Gasteiger charge is 2.51. The molecule has 0 amide bonds. The second kappa shape index (κ2) is 14.1. The summed E-state index contributed by atoms with van der Waals surface area (Å²) in [5.74, 6) is 1.84. The zero-order valence-corrected chi connectivity index (χ0v) is 35.6. The third-order valence-corrected chi connectivity index (χ3v) is 14.0. The molecule has 0 aliphatic heterocycles. The normalized spacial score (nSPS) is 13.0. The van der Waals surface area contributed by atoms with Crippen LogP contribution < -0.4 is 0 Å². The van der Waals surface area contributed by atoms with Gasteiger partial charge >= 0.3 is 0 Å². The maximum absolute atomic E-state index is 6.57. The van der Waals surface area contributed by atoms with Gasteiger partial charge in [-0.2, -0.15) is 0 Å². The topological polar surface area (TPSA) is 51.8 Å². The molecule has 0 atom stereocenters. The van der Waals surface area contributed by atoms with Crippen LogP contribution in [0.5, 0.6) is 0 Å². The van der Waals surface area contributed by atoms with Crippen LogP contribution >= 0.6 is 0 Å². The SMILES string of the molecule is c1ccc(-c2nc(-c3ccccc3)nc(-c3cccc4oc5ccc(-c6ccc(-c7ccc8c(c7)C7(c9ccccc9-c9ccccc97)c7ccccc7-8)c7ccccc67)cc5c34)n2)cc1. The van der Waals surface area contributed by atoms with Crippen LogP contribution in [0.4, 0.5) is 0 Å². The van der Waals surface area contributed by atoms with Gasteiger partial charge in [-0.15, -0.1) is 0 Å². The molecule has 4 heteroatoms. The molecule has 4 nitrogen and oxygen atoms in total. The van der Waals surface area contributed by atoms with Crippen LogP contribution in [0.1, 0.15) is 22.3 Å². The van der Waals surface area contributed by atoms with Crippen molar-refractivity contribution >= 4 is 32.7 Å². The molecule has 0 saturated heterocycles. The number of aromatic nitrogens is 3. The van der Waals surface area contributed by atoms with Gasteiger partial charge < -0.3 is 4.42 Å². The van der Waals surface area contributed by atoms with Gasteiger partial charge in [-0.1, -0.05) is 200 Å². The molecule has 0 bridgehead atoms. The number of hydrogen-bond acceptors (Lipinski definition) is 4. The van der Waals surface area contributed by atoms with Gasteiger partial charge in [-0.25, -0.2) is 15.0 Å². The molecular weight excluding hydrogens is 803 g/mol. The highest BCUT2D eigenvalue weighted by molar-refractivity contribution is 6.14. The Morgan fingerprint density at radius 2 is 0.727 bits per heavy atom. The van der Waals surface area contributed by atoms with E-state index in [0.29, 0.717) is 17.5 Å². The van der Waals surface area contributed by atoms with Gasteiger partial charge in [0, 0.05) is 27.5 Å². The van der Waals surface area contributed by atoms with Crippen LogP contribution in [0.25, 0.3) is 111 Å². The number of furan rings is 1. The second-order valence-corrected chi connectivity index (χ2v) is 17.4. The van der Waals surface area contributed by atoms with Crippen molar-refractivity contribution in [2.24, 2.45) is 0 Å². The van der Waals surface area contributed by atoms with E-state index in [4.69, 9.17) is 19.4 Å². The summed E-state index contributed by atoms with van der Waals surface area (Å²) in [6, 6.07) is 80.5. The molecule has 10 aromatic carbocycles. The van der Waals surface area contributed by atoms with Crippen LogP contribution in [0.15, 0.2) is 229 Å². The van der Waals surface area contributed by atoms with Gasteiger partial charge in [0.05, 0.1) is 5.41 Å². The average Bonchev–Trinajstić information content (AvgIpc) is 4.02. The van der Waals surface area contributed by atoms with Gasteiger partial charge in [0.2, 0.25) is 0 Å². The molecule has 2 aromatic heterocycles. The van der Waals surface area contributed by atoms with E-state index in [1.807, 2.05) is 72.8 Å². The van der Waals surface area contributed by atoms with Crippen molar-refractivity contribution in [3.63, 3.8) is 0 Å². The Morgan fingerprint density at radius 1 is 0.273 bits per heavy atom. The summed E-state index contributed by atoms with van der Waals surface area (Å²) in [4.78, 5) is 15.2. The Morgan fingerprint density at radius 3 is 1.32 bits per heavy atom. The summed E-state index contributed by atoms with van der Waals surface area (Å²) in [7, 11) is 0. The Balaban J connectivity index is 0.928. The van der Waals surface area contributed by atoms with Crippen molar-refractivity contribution < 1.29 is 4.42 Å². The van der Waals surface area contributed by atoms with E-state index in [9.17, 15) is 0 Å². The first-order chi connectivity index (χ1) is 32.7. The summed E-state index contributed by atoms with van der Waals surface area (Å²) in [5, 5.41) is 4.38. The minimum atomic E-state index is -0.403. The predicted molar refractivity (Wildman–Crippen MR) is 268 cm³/mol. The lowest BCUT2D eigenvalue weighted by molar-refractivity contribution is 0.669. The molecule has 2 aliphatic carbocycles. The van der Waals surface area contributed by atoms with E-state index in [0.717, 1.165) is 49.8 Å². The maximum Gasteiger partial charge on any atom is 0.164 e. The molecule has 2 heterocycles. The first-order valence-electron chi connectivity index (χ1n) is 22.5. The predicted octanol–water partition coefficient (Wildman–Crippen LogP) is 15.6. The van der Waals surface area contributed by atoms with Crippen LogP contribution in [-0.2, 0) is 5.41 Å². The van der Waals surface area contributed by atoms with Gasteiger partial charge in [-0.3, -0.25) is 0 Å².